The molecule has 4 N–H and O–H groups in total. The highest BCUT2D eigenvalue weighted by Gasteiger charge is 2.07. The van der Waals surface area contributed by atoms with Crippen molar-refractivity contribution in [3.8, 4) is 11.5 Å². The van der Waals surface area contributed by atoms with Crippen LogP contribution in [0.4, 0.5) is 10.5 Å². The summed E-state index contributed by atoms with van der Waals surface area (Å²) in [5, 5.41) is 25.6. The molecule has 6 heteroatoms. The van der Waals surface area contributed by atoms with Gasteiger partial charge in [-0.25, -0.2) is 10.2 Å². The predicted molar refractivity (Wildman–Crippen MR) is 80.6 cm³/mol. The number of hydrogen-bond donors (Lipinski definition) is 4. The molecule has 0 atom stereocenters. The number of rotatable bonds is 3. The molecule has 0 heterocycles. The summed E-state index contributed by atoms with van der Waals surface area (Å²) in [7, 11) is 0. The third-order valence-electron chi connectivity index (χ3n) is 2.73. The van der Waals surface area contributed by atoms with Crippen molar-refractivity contribution in [1.29, 1.82) is 0 Å². The number of amides is 2. The lowest BCUT2D eigenvalue weighted by molar-refractivity contribution is 0.252. The lowest BCUT2D eigenvalue weighted by atomic mass is 10.1. The van der Waals surface area contributed by atoms with Crippen LogP contribution in [0.25, 0.3) is 0 Å². The summed E-state index contributed by atoms with van der Waals surface area (Å²) in [4.78, 5) is 11.7. The van der Waals surface area contributed by atoms with Crippen LogP contribution in [0, 0.1) is 0 Å². The Morgan fingerprint density at radius 2 is 1.81 bits per heavy atom. The summed E-state index contributed by atoms with van der Waals surface area (Å²) in [5.41, 5.74) is 3.67. The fourth-order valence-corrected chi connectivity index (χ4v) is 1.69. The standard InChI is InChI=1S/C15H15N3O3/c1-10(13-9-12(19)7-8-14(13)20)17-18-15(21)16-11-5-3-2-4-6-11/h2-9,19-20H,1H3,(H2,16,18,21). The summed E-state index contributed by atoms with van der Waals surface area (Å²) in [6, 6.07) is 12.5. The Hall–Kier alpha value is -3.02. The number of hydrazone groups is 1. The number of carbonyl (C=O) groups is 1. The van der Waals surface area contributed by atoms with Crippen molar-refractivity contribution in [1.82, 2.24) is 5.43 Å². The molecule has 0 aliphatic heterocycles. The fourth-order valence-electron chi connectivity index (χ4n) is 1.69. The monoisotopic (exact) mass is 285 g/mol. The van der Waals surface area contributed by atoms with E-state index in [1.165, 1.54) is 18.2 Å². The molecule has 0 unspecified atom stereocenters. The molecule has 2 amide bonds. The maximum absolute atomic E-state index is 11.7. The first-order chi connectivity index (χ1) is 10.1. The van der Waals surface area contributed by atoms with Crippen molar-refractivity contribution in [3.05, 3.63) is 54.1 Å². The van der Waals surface area contributed by atoms with E-state index >= 15 is 0 Å². The van der Waals surface area contributed by atoms with Crippen LogP contribution in [0.1, 0.15) is 12.5 Å². The van der Waals surface area contributed by atoms with E-state index in [9.17, 15) is 15.0 Å². The Morgan fingerprint density at radius 3 is 2.52 bits per heavy atom. The topological polar surface area (TPSA) is 94.0 Å². The molecule has 0 bridgehead atoms. The smallest absolute Gasteiger partial charge is 0.339 e. The van der Waals surface area contributed by atoms with Gasteiger partial charge < -0.3 is 15.5 Å². The molecule has 108 valence electrons. The Morgan fingerprint density at radius 1 is 1.10 bits per heavy atom. The van der Waals surface area contributed by atoms with Gasteiger partial charge in [-0.2, -0.15) is 5.10 Å². The predicted octanol–water partition coefficient (Wildman–Crippen LogP) is 2.64. The summed E-state index contributed by atoms with van der Waals surface area (Å²) in [6.07, 6.45) is 0. The third kappa shape index (κ3) is 3.97. The van der Waals surface area contributed by atoms with E-state index in [4.69, 9.17) is 0 Å². The zero-order valence-corrected chi connectivity index (χ0v) is 11.4. The molecule has 2 aromatic carbocycles. The van der Waals surface area contributed by atoms with Gasteiger partial charge >= 0.3 is 6.03 Å². The van der Waals surface area contributed by atoms with Gasteiger partial charge in [-0.15, -0.1) is 0 Å². The molecule has 0 aliphatic rings. The van der Waals surface area contributed by atoms with Crippen LogP contribution in [-0.4, -0.2) is 22.0 Å². The van der Waals surface area contributed by atoms with Crippen LogP contribution in [0.2, 0.25) is 0 Å². The molecule has 0 fully saturated rings. The molecular weight excluding hydrogens is 270 g/mol. The molecular formula is C15H15N3O3. The van der Waals surface area contributed by atoms with E-state index in [2.05, 4.69) is 15.8 Å². The van der Waals surface area contributed by atoms with Gasteiger partial charge in [0, 0.05) is 11.3 Å². The number of nitrogens with one attached hydrogen (secondary N) is 2. The van der Waals surface area contributed by atoms with Crippen molar-refractivity contribution in [2.75, 3.05) is 5.32 Å². The van der Waals surface area contributed by atoms with Crippen molar-refractivity contribution < 1.29 is 15.0 Å². The minimum Gasteiger partial charge on any atom is -0.508 e. The van der Waals surface area contributed by atoms with E-state index in [1.807, 2.05) is 6.07 Å². The zero-order valence-electron chi connectivity index (χ0n) is 11.4. The number of anilines is 1. The third-order valence-corrected chi connectivity index (χ3v) is 2.73. The van der Waals surface area contributed by atoms with E-state index in [1.54, 1.807) is 31.2 Å². The van der Waals surface area contributed by atoms with Crippen LogP contribution in [0.5, 0.6) is 11.5 Å². The van der Waals surface area contributed by atoms with Crippen LogP contribution < -0.4 is 10.7 Å². The maximum atomic E-state index is 11.7. The Balaban J connectivity index is 2.03. The molecule has 2 rings (SSSR count). The number of hydrogen-bond acceptors (Lipinski definition) is 4. The first-order valence-corrected chi connectivity index (χ1v) is 6.25. The number of phenolic OH excluding ortho intramolecular Hbond substituents is 2. The maximum Gasteiger partial charge on any atom is 0.339 e. The van der Waals surface area contributed by atoms with Gasteiger partial charge in [0.15, 0.2) is 0 Å². The minimum absolute atomic E-state index is 0.00564. The highest BCUT2D eigenvalue weighted by Crippen LogP contribution is 2.22. The highest BCUT2D eigenvalue weighted by molar-refractivity contribution is 6.02. The average molecular weight is 285 g/mol. The molecule has 0 aromatic heterocycles. The molecule has 0 aliphatic carbocycles. The van der Waals surface area contributed by atoms with E-state index in [-0.39, 0.29) is 11.5 Å². The summed E-state index contributed by atoms with van der Waals surface area (Å²) in [5.74, 6) is -0.0228. The largest absolute Gasteiger partial charge is 0.508 e. The highest BCUT2D eigenvalue weighted by atomic mass is 16.3. The lowest BCUT2D eigenvalue weighted by Crippen LogP contribution is -2.25. The normalized spacial score (nSPS) is 11.0. The SMILES string of the molecule is CC(=NNC(=O)Nc1ccccc1)c1cc(O)ccc1O. The number of urea groups is 1. The van der Waals surface area contributed by atoms with E-state index in [0.717, 1.165) is 0 Å². The Labute approximate surface area is 121 Å². The quantitative estimate of drug-likeness (QED) is 0.397. The van der Waals surface area contributed by atoms with Gasteiger partial charge in [-0.05, 0) is 37.3 Å². The van der Waals surface area contributed by atoms with Crippen LogP contribution >= 0.6 is 0 Å². The second kappa shape index (κ2) is 6.42. The van der Waals surface area contributed by atoms with Crippen molar-refractivity contribution in [2.24, 2.45) is 5.10 Å². The first kappa shape index (κ1) is 14.4. The van der Waals surface area contributed by atoms with E-state index in [0.29, 0.717) is 17.0 Å². The van der Waals surface area contributed by atoms with E-state index < -0.39 is 6.03 Å². The fraction of sp³-hybridized carbons (Fsp3) is 0.0667. The van der Waals surface area contributed by atoms with Gasteiger partial charge in [0.2, 0.25) is 0 Å². The van der Waals surface area contributed by atoms with Crippen LogP contribution in [-0.2, 0) is 0 Å². The summed E-state index contributed by atoms with van der Waals surface area (Å²) < 4.78 is 0. The Bertz CT molecular complexity index is 669. The molecule has 0 saturated carbocycles. The van der Waals surface area contributed by atoms with Gasteiger partial charge in [0.25, 0.3) is 0 Å². The van der Waals surface area contributed by atoms with Gasteiger partial charge in [-0.3, -0.25) is 0 Å². The zero-order chi connectivity index (χ0) is 15.2. The number of para-hydroxylation sites is 1. The van der Waals surface area contributed by atoms with Crippen molar-refractivity contribution in [2.45, 2.75) is 6.92 Å². The first-order valence-electron chi connectivity index (χ1n) is 6.25. The average Bonchev–Trinajstić information content (AvgIpc) is 2.48. The Kier molecular flexibility index (Phi) is 4.40. The number of aromatic hydroxyl groups is 2. The number of carbonyl (C=O) groups excluding carboxylic acids is 1. The molecule has 21 heavy (non-hydrogen) atoms. The second-order valence-corrected chi connectivity index (χ2v) is 4.33. The summed E-state index contributed by atoms with van der Waals surface area (Å²) in [6.45, 7) is 1.61. The van der Waals surface area contributed by atoms with Crippen LogP contribution in [0.3, 0.4) is 0 Å². The van der Waals surface area contributed by atoms with Gasteiger partial charge in [0.1, 0.15) is 11.5 Å². The molecule has 0 radical (unpaired) electrons. The number of nitrogens with zero attached hydrogens (tertiary/aromatic N) is 1. The van der Waals surface area contributed by atoms with Gasteiger partial charge in [-0.1, -0.05) is 18.2 Å². The molecule has 6 nitrogen and oxygen atoms in total. The minimum atomic E-state index is -0.500. The van der Waals surface area contributed by atoms with Crippen molar-refractivity contribution in [3.63, 3.8) is 0 Å². The summed E-state index contributed by atoms with van der Waals surface area (Å²) >= 11 is 0. The number of benzene rings is 2. The van der Waals surface area contributed by atoms with Gasteiger partial charge in [0.05, 0.1) is 5.71 Å². The van der Waals surface area contributed by atoms with Crippen LogP contribution in [0.15, 0.2) is 53.6 Å². The molecule has 2 aromatic rings. The number of phenols is 2. The molecule has 0 saturated heterocycles. The van der Waals surface area contributed by atoms with Crippen molar-refractivity contribution >= 4 is 17.4 Å². The second-order valence-electron chi connectivity index (χ2n) is 4.33. The molecule has 0 spiro atoms. The lowest BCUT2D eigenvalue weighted by Gasteiger charge is -2.07.